The van der Waals surface area contributed by atoms with Crippen LogP contribution in [0.1, 0.15) is 17.5 Å². The molecule has 0 radical (unpaired) electrons. The number of hydrogen-bond acceptors (Lipinski definition) is 3. The quantitative estimate of drug-likeness (QED) is 0.783. The lowest BCUT2D eigenvalue weighted by Gasteiger charge is -2.18. The number of amides is 1. The summed E-state index contributed by atoms with van der Waals surface area (Å²) in [7, 11) is 0. The summed E-state index contributed by atoms with van der Waals surface area (Å²) in [6.07, 6.45) is 5.05. The van der Waals surface area contributed by atoms with Crippen molar-refractivity contribution in [2.75, 3.05) is 6.54 Å². The van der Waals surface area contributed by atoms with Gasteiger partial charge in [0, 0.05) is 23.7 Å². The monoisotopic (exact) mass is 272 g/mol. The normalized spacial score (nSPS) is 10.8. The molecule has 0 atom stereocenters. The van der Waals surface area contributed by atoms with Crippen LogP contribution in [0.25, 0.3) is 6.08 Å². The molecule has 0 unspecified atom stereocenters. The van der Waals surface area contributed by atoms with E-state index in [0.717, 1.165) is 5.69 Å². The van der Waals surface area contributed by atoms with E-state index in [1.807, 2.05) is 47.5 Å². The van der Waals surface area contributed by atoms with Gasteiger partial charge in [-0.05, 0) is 36.6 Å². The summed E-state index contributed by atoms with van der Waals surface area (Å²) in [6, 6.07) is 9.68. The van der Waals surface area contributed by atoms with Crippen LogP contribution in [0.5, 0.6) is 0 Å². The van der Waals surface area contributed by atoms with Gasteiger partial charge in [-0.1, -0.05) is 12.1 Å². The second kappa shape index (κ2) is 6.85. The Bertz CT molecular complexity index is 535. The maximum atomic E-state index is 12.1. The third-order valence-corrected chi connectivity index (χ3v) is 3.57. The van der Waals surface area contributed by atoms with Crippen molar-refractivity contribution in [3.05, 3.63) is 58.6 Å². The summed E-state index contributed by atoms with van der Waals surface area (Å²) in [5, 5.41) is 2.03. The van der Waals surface area contributed by atoms with Gasteiger partial charge in [-0.2, -0.15) is 0 Å². The molecule has 0 saturated heterocycles. The van der Waals surface area contributed by atoms with E-state index in [4.69, 9.17) is 0 Å². The van der Waals surface area contributed by atoms with E-state index in [-0.39, 0.29) is 5.91 Å². The highest BCUT2D eigenvalue weighted by atomic mass is 32.1. The molecule has 0 aliphatic carbocycles. The molecule has 2 rings (SSSR count). The second-order valence-corrected chi connectivity index (χ2v) is 5.05. The predicted molar refractivity (Wildman–Crippen MR) is 78.7 cm³/mol. The Morgan fingerprint density at radius 1 is 1.37 bits per heavy atom. The van der Waals surface area contributed by atoms with Crippen molar-refractivity contribution < 1.29 is 4.79 Å². The maximum Gasteiger partial charge on any atom is 0.246 e. The van der Waals surface area contributed by atoms with Gasteiger partial charge >= 0.3 is 0 Å². The molecule has 0 aliphatic heterocycles. The number of pyridine rings is 1. The van der Waals surface area contributed by atoms with Crippen molar-refractivity contribution in [2.45, 2.75) is 13.5 Å². The molecule has 2 aromatic heterocycles. The molecule has 2 aromatic rings. The fourth-order valence-corrected chi connectivity index (χ4v) is 2.39. The van der Waals surface area contributed by atoms with Crippen LogP contribution in [0.3, 0.4) is 0 Å². The van der Waals surface area contributed by atoms with Gasteiger partial charge in [-0.15, -0.1) is 11.3 Å². The SMILES string of the molecule is CCN(Cc1cccs1)C(=O)/C=C/c1ccccn1. The molecule has 0 aromatic carbocycles. The average Bonchev–Trinajstić information content (AvgIpc) is 2.96. The molecule has 1 amide bonds. The zero-order valence-corrected chi connectivity index (χ0v) is 11.6. The summed E-state index contributed by atoms with van der Waals surface area (Å²) < 4.78 is 0. The summed E-state index contributed by atoms with van der Waals surface area (Å²) in [4.78, 5) is 19.3. The van der Waals surface area contributed by atoms with E-state index in [9.17, 15) is 4.79 Å². The van der Waals surface area contributed by atoms with E-state index in [1.54, 1.807) is 29.7 Å². The van der Waals surface area contributed by atoms with Gasteiger partial charge in [-0.3, -0.25) is 9.78 Å². The molecular weight excluding hydrogens is 256 g/mol. The fraction of sp³-hybridized carbons (Fsp3) is 0.200. The van der Waals surface area contributed by atoms with Crippen molar-refractivity contribution in [1.82, 2.24) is 9.88 Å². The minimum Gasteiger partial charge on any atom is -0.334 e. The van der Waals surface area contributed by atoms with Crippen LogP contribution in [0.15, 0.2) is 48.0 Å². The van der Waals surface area contributed by atoms with Crippen molar-refractivity contribution in [2.24, 2.45) is 0 Å². The average molecular weight is 272 g/mol. The first-order chi connectivity index (χ1) is 9.29. The summed E-state index contributed by atoms with van der Waals surface area (Å²) in [5.74, 6) is 0.0153. The lowest BCUT2D eigenvalue weighted by atomic mass is 10.3. The van der Waals surface area contributed by atoms with Gasteiger partial charge in [0.1, 0.15) is 0 Å². The number of carbonyl (C=O) groups is 1. The number of aromatic nitrogens is 1. The molecule has 19 heavy (non-hydrogen) atoms. The van der Waals surface area contributed by atoms with Crippen LogP contribution in [0.2, 0.25) is 0 Å². The Balaban J connectivity index is 1.99. The minimum atomic E-state index is 0.0153. The Morgan fingerprint density at radius 2 is 2.26 bits per heavy atom. The first kappa shape index (κ1) is 13.5. The molecule has 0 N–H and O–H groups in total. The minimum absolute atomic E-state index is 0.0153. The van der Waals surface area contributed by atoms with E-state index < -0.39 is 0 Å². The van der Waals surface area contributed by atoms with Gasteiger partial charge in [0.2, 0.25) is 5.91 Å². The zero-order chi connectivity index (χ0) is 13.5. The van der Waals surface area contributed by atoms with Crippen LogP contribution >= 0.6 is 11.3 Å². The highest BCUT2D eigenvalue weighted by molar-refractivity contribution is 7.09. The predicted octanol–water partition coefficient (Wildman–Crippen LogP) is 3.21. The van der Waals surface area contributed by atoms with Crippen LogP contribution < -0.4 is 0 Å². The molecule has 2 heterocycles. The van der Waals surface area contributed by atoms with Gasteiger partial charge < -0.3 is 4.90 Å². The second-order valence-electron chi connectivity index (χ2n) is 4.02. The van der Waals surface area contributed by atoms with Gasteiger partial charge in [0.25, 0.3) is 0 Å². The number of hydrogen-bond donors (Lipinski definition) is 0. The lowest BCUT2D eigenvalue weighted by Crippen LogP contribution is -2.28. The smallest absolute Gasteiger partial charge is 0.246 e. The van der Waals surface area contributed by atoms with Gasteiger partial charge in [-0.25, -0.2) is 0 Å². The molecule has 0 aliphatic rings. The van der Waals surface area contributed by atoms with Crippen molar-refractivity contribution in [3.8, 4) is 0 Å². The lowest BCUT2D eigenvalue weighted by molar-refractivity contribution is -0.126. The van der Waals surface area contributed by atoms with Crippen molar-refractivity contribution in [1.29, 1.82) is 0 Å². The number of likely N-dealkylation sites (N-methyl/N-ethyl adjacent to an activating group) is 1. The van der Waals surface area contributed by atoms with Crippen molar-refractivity contribution >= 4 is 23.3 Å². The third-order valence-electron chi connectivity index (χ3n) is 2.70. The summed E-state index contributed by atoms with van der Waals surface area (Å²) in [6.45, 7) is 3.35. The van der Waals surface area contributed by atoms with E-state index in [0.29, 0.717) is 13.1 Å². The molecule has 4 heteroatoms. The van der Waals surface area contributed by atoms with E-state index in [1.165, 1.54) is 4.88 Å². The molecule has 0 spiro atoms. The maximum absolute atomic E-state index is 12.1. The van der Waals surface area contributed by atoms with Crippen LogP contribution in [-0.4, -0.2) is 22.3 Å². The highest BCUT2D eigenvalue weighted by Gasteiger charge is 2.09. The molecule has 98 valence electrons. The van der Waals surface area contributed by atoms with Crippen molar-refractivity contribution in [3.63, 3.8) is 0 Å². The molecule has 0 saturated carbocycles. The Morgan fingerprint density at radius 3 is 2.89 bits per heavy atom. The van der Waals surface area contributed by atoms with Gasteiger partial charge in [0.05, 0.1) is 12.2 Å². The van der Waals surface area contributed by atoms with Gasteiger partial charge in [0.15, 0.2) is 0 Å². The first-order valence-electron chi connectivity index (χ1n) is 6.20. The standard InChI is InChI=1S/C15H16N2OS/c1-2-17(12-14-7-5-11-19-14)15(18)9-8-13-6-3-4-10-16-13/h3-11H,2,12H2,1H3/b9-8+. The van der Waals surface area contributed by atoms with Crippen LogP contribution in [-0.2, 0) is 11.3 Å². The molecule has 3 nitrogen and oxygen atoms in total. The topological polar surface area (TPSA) is 33.2 Å². The van der Waals surface area contributed by atoms with Crippen LogP contribution in [0, 0.1) is 0 Å². The number of carbonyl (C=O) groups excluding carboxylic acids is 1. The van der Waals surface area contributed by atoms with E-state index >= 15 is 0 Å². The highest BCUT2D eigenvalue weighted by Crippen LogP contribution is 2.12. The molecular formula is C15H16N2OS. The van der Waals surface area contributed by atoms with Crippen LogP contribution in [0.4, 0.5) is 0 Å². The molecule has 0 bridgehead atoms. The summed E-state index contributed by atoms with van der Waals surface area (Å²) >= 11 is 1.67. The Hall–Kier alpha value is -1.94. The number of nitrogens with zero attached hydrogens (tertiary/aromatic N) is 2. The molecule has 0 fully saturated rings. The number of rotatable bonds is 5. The Labute approximate surface area is 117 Å². The Kier molecular flexibility index (Phi) is 4.86. The third kappa shape index (κ3) is 4.03. The first-order valence-corrected chi connectivity index (χ1v) is 7.08. The zero-order valence-electron chi connectivity index (χ0n) is 10.8. The fourth-order valence-electron chi connectivity index (χ4n) is 1.67. The number of thiophene rings is 1. The largest absolute Gasteiger partial charge is 0.334 e. The summed E-state index contributed by atoms with van der Waals surface area (Å²) in [5.41, 5.74) is 0.794. The van der Waals surface area contributed by atoms with E-state index in [2.05, 4.69) is 4.98 Å².